The van der Waals surface area contributed by atoms with Gasteiger partial charge in [0.15, 0.2) is 0 Å². The summed E-state index contributed by atoms with van der Waals surface area (Å²) < 4.78 is 0. The fourth-order valence-electron chi connectivity index (χ4n) is 0.544. The van der Waals surface area contributed by atoms with Gasteiger partial charge in [0.1, 0.15) is 6.54 Å². The lowest BCUT2D eigenvalue weighted by molar-refractivity contribution is -0.359. The summed E-state index contributed by atoms with van der Waals surface area (Å²) in [4.78, 5) is 20.2. The zero-order valence-corrected chi connectivity index (χ0v) is 6.87. The molecule has 0 saturated heterocycles. The number of rotatable bonds is 6. The number of hydroxylamine groups is 2. The summed E-state index contributed by atoms with van der Waals surface area (Å²) in [6, 6.07) is 0. The van der Waals surface area contributed by atoms with E-state index < -0.39 is 5.91 Å². The van der Waals surface area contributed by atoms with Crippen LogP contribution in [0.3, 0.4) is 0 Å². The Morgan fingerprint density at radius 2 is 1.82 bits per heavy atom. The van der Waals surface area contributed by atoms with E-state index in [0.29, 0.717) is 13.2 Å². The fourth-order valence-corrected chi connectivity index (χ4v) is 0.544. The largest absolute Gasteiger partial charge is 0.368 e. The Kier molecular flexibility index (Phi) is 5.73. The molecule has 0 aliphatic carbocycles. The number of hydrogen-bond donors (Lipinski definition) is 1. The van der Waals surface area contributed by atoms with Crippen LogP contribution in [-0.4, -0.2) is 30.9 Å². The Morgan fingerprint density at radius 1 is 1.36 bits per heavy atom. The highest BCUT2D eigenvalue weighted by molar-refractivity contribution is 5.75. The van der Waals surface area contributed by atoms with Crippen molar-refractivity contribution < 1.29 is 14.5 Å². The Balaban J connectivity index is 3.59. The molecular formula is C6H14N2O3. The third-order valence-electron chi connectivity index (χ3n) is 0.831. The van der Waals surface area contributed by atoms with Gasteiger partial charge in [-0.05, 0) is 13.8 Å². The second-order valence-electron chi connectivity index (χ2n) is 1.79. The number of nitrogens with two attached hydrogens (primary N) is 1. The highest BCUT2D eigenvalue weighted by Gasteiger charge is 2.06. The number of carbonyl (C=O) groups is 1. The zero-order valence-electron chi connectivity index (χ0n) is 6.87. The van der Waals surface area contributed by atoms with Crippen LogP contribution >= 0.6 is 0 Å². The molecule has 11 heavy (non-hydrogen) atoms. The van der Waals surface area contributed by atoms with Crippen LogP contribution in [0.1, 0.15) is 13.8 Å². The van der Waals surface area contributed by atoms with Gasteiger partial charge in [0, 0.05) is 0 Å². The molecule has 5 nitrogen and oxygen atoms in total. The van der Waals surface area contributed by atoms with Gasteiger partial charge in [-0.25, -0.2) is 0 Å². The molecular weight excluding hydrogens is 148 g/mol. The van der Waals surface area contributed by atoms with Gasteiger partial charge in [-0.2, -0.15) is 0 Å². The minimum atomic E-state index is -0.480. The third-order valence-corrected chi connectivity index (χ3v) is 0.831. The monoisotopic (exact) mass is 162 g/mol. The number of nitrogens with zero attached hydrogens (tertiary/aromatic N) is 1. The van der Waals surface area contributed by atoms with Gasteiger partial charge in [0.05, 0.1) is 13.2 Å². The van der Waals surface area contributed by atoms with Crippen molar-refractivity contribution in [1.29, 1.82) is 0 Å². The van der Waals surface area contributed by atoms with E-state index in [-0.39, 0.29) is 6.54 Å². The molecule has 0 fully saturated rings. The molecule has 0 aliphatic rings. The lowest BCUT2D eigenvalue weighted by Crippen LogP contribution is -2.34. The molecule has 0 aliphatic heterocycles. The van der Waals surface area contributed by atoms with Crippen LogP contribution in [0.2, 0.25) is 0 Å². The summed E-state index contributed by atoms with van der Waals surface area (Å²) in [5.74, 6) is -0.480. The molecule has 0 heterocycles. The molecule has 0 saturated carbocycles. The summed E-state index contributed by atoms with van der Waals surface area (Å²) in [5.41, 5.74) is 4.91. The van der Waals surface area contributed by atoms with Crippen molar-refractivity contribution in [1.82, 2.24) is 5.23 Å². The van der Waals surface area contributed by atoms with Gasteiger partial charge >= 0.3 is 0 Å². The number of hydrogen-bond acceptors (Lipinski definition) is 4. The molecule has 0 radical (unpaired) electrons. The van der Waals surface area contributed by atoms with E-state index >= 15 is 0 Å². The molecule has 0 aromatic rings. The topological polar surface area (TPSA) is 64.8 Å². The molecule has 0 aromatic carbocycles. The Morgan fingerprint density at radius 3 is 2.09 bits per heavy atom. The van der Waals surface area contributed by atoms with Gasteiger partial charge < -0.3 is 5.73 Å². The minimum Gasteiger partial charge on any atom is -0.368 e. The smallest absolute Gasteiger partial charge is 0.236 e. The number of carbonyl (C=O) groups excluding carboxylic acids is 1. The molecule has 1 amide bonds. The predicted octanol–water partition coefficient (Wildman–Crippen LogP) is -0.323. The van der Waals surface area contributed by atoms with E-state index in [1.807, 2.05) is 0 Å². The second-order valence-corrected chi connectivity index (χ2v) is 1.79. The van der Waals surface area contributed by atoms with Crippen LogP contribution in [0, 0.1) is 0 Å². The second kappa shape index (κ2) is 6.09. The highest BCUT2D eigenvalue weighted by atomic mass is 16.9. The first-order valence-electron chi connectivity index (χ1n) is 3.52. The van der Waals surface area contributed by atoms with Crippen LogP contribution in [0.15, 0.2) is 0 Å². The molecule has 5 heteroatoms. The molecule has 66 valence electrons. The molecule has 0 bridgehead atoms. The van der Waals surface area contributed by atoms with Crippen molar-refractivity contribution in [3.8, 4) is 0 Å². The third kappa shape index (κ3) is 5.78. The van der Waals surface area contributed by atoms with E-state index in [4.69, 9.17) is 15.4 Å². The molecule has 0 rings (SSSR count). The van der Waals surface area contributed by atoms with Crippen molar-refractivity contribution in [3.05, 3.63) is 0 Å². The van der Waals surface area contributed by atoms with E-state index in [1.54, 1.807) is 13.8 Å². The first-order chi connectivity index (χ1) is 5.20. The fraction of sp³-hybridized carbons (Fsp3) is 0.833. The standard InChI is InChI=1S/C6H14N2O3/c1-3-10-8(11-4-2)5-6(7)9/h3-5H2,1-2H3,(H2,7,9). The molecule has 0 unspecified atom stereocenters. The van der Waals surface area contributed by atoms with E-state index in [0.717, 1.165) is 5.23 Å². The first kappa shape index (κ1) is 10.3. The summed E-state index contributed by atoms with van der Waals surface area (Å²) in [6.07, 6.45) is 0. The summed E-state index contributed by atoms with van der Waals surface area (Å²) in [7, 11) is 0. The molecule has 0 spiro atoms. The van der Waals surface area contributed by atoms with Gasteiger partial charge in [-0.15, -0.1) is 0 Å². The van der Waals surface area contributed by atoms with Crippen molar-refractivity contribution >= 4 is 5.91 Å². The number of primary amides is 1. The van der Waals surface area contributed by atoms with Gasteiger partial charge in [0.25, 0.3) is 0 Å². The average Bonchev–Trinajstić information content (AvgIpc) is 1.87. The maximum absolute atomic E-state index is 10.4. The van der Waals surface area contributed by atoms with Gasteiger partial charge in [-0.3, -0.25) is 14.5 Å². The normalized spacial score (nSPS) is 10.5. The van der Waals surface area contributed by atoms with Crippen LogP contribution < -0.4 is 5.73 Å². The molecule has 2 N–H and O–H groups in total. The van der Waals surface area contributed by atoms with Gasteiger partial charge in [0.2, 0.25) is 5.91 Å². The van der Waals surface area contributed by atoms with E-state index in [9.17, 15) is 4.79 Å². The number of amides is 1. The highest BCUT2D eigenvalue weighted by Crippen LogP contribution is 1.90. The predicted molar refractivity (Wildman–Crippen MR) is 39.2 cm³/mol. The quantitative estimate of drug-likeness (QED) is 0.543. The first-order valence-corrected chi connectivity index (χ1v) is 3.52. The maximum atomic E-state index is 10.4. The Labute approximate surface area is 66.0 Å². The molecule has 0 aromatic heterocycles. The SMILES string of the molecule is CCON(CC(N)=O)OCC. The van der Waals surface area contributed by atoms with Crippen LogP contribution in [0.5, 0.6) is 0 Å². The maximum Gasteiger partial charge on any atom is 0.236 e. The van der Waals surface area contributed by atoms with Crippen LogP contribution in [0.25, 0.3) is 0 Å². The van der Waals surface area contributed by atoms with Crippen LogP contribution in [0.4, 0.5) is 0 Å². The van der Waals surface area contributed by atoms with E-state index in [1.165, 1.54) is 0 Å². The van der Waals surface area contributed by atoms with Crippen molar-refractivity contribution in [2.45, 2.75) is 13.8 Å². The average molecular weight is 162 g/mol. The minimum absolute atomic E-state index is 0.0400. The summed E-state index contributed by atoms with van der Waals surface area (Å²) in [5, 5.41) is 1.09. The summed E-state index contributed by atoms with van der Waals surface area (Å²) >= 11 is 0. The zero-order chi connectivity index (χ0) is 8.69. The van der Waals surface area contributed by atoms with Crippen molar-refractivity contribution in [2.75, 3.05) is 19.8 Å². The van der Waals surface area contributed by atoms with Crippen molar-refractivity contribution in [3.63, 3.8) is 0 Å². The molecule has 0 atom stereocenters. The Hall–Kier alpha value is -0.650. The summed E-state index contributed by atoms with van der Waals surface area (Å²) in [6.45, 7) is 4.46. The van der Waals surface area contributed by atoms with Gasteiger partial charge in [-0.1, -0.05) is 5.23 Å². The Bertz CT molecular complexity index is 112. The lowest BCUT2D eigenvalue weighted by Gasteiger charge is -2.17. The van der Waals surface area contributed by atoms with E-state index in [2.05, 4.69) is 0 Å². The van der Waals surface area contributed by atoms with Crippen molar-refractivity contribution in [2.24, 2.45) is 5.73 Å². The van der Waals surface area contributed by atoms with Crippen LogP contribution in [-0.2, 0) is 14.5 Å². The lowest BCUT2D eigenvalue weighted by atomic mass is 10.6.